The number of esters is 2. The second-order valence-electron chi connectivity index (χ2n) is 8.27. The van der Waals surface area contributed by atoms with Gasteiger partial charge in [0.05, 0.1) is 17.6 Å². The summed E-state index contributed by atoms with van der Waals surface area (Å²) in [6, 6.07) is 3.47. The number of carboxylic acid groups (broad SMARTS) is 1. The smallest absolute Gasteiger partial charge is 0.360 e. The average molecular weight is 462 g/mol. The first-order valence-corrected chi connectivity index (χ1v) is 10.7. The maximum atomic E-state index is 13.1. The van der Waals surface area contributed by atoms with Crippen LogP contribution < -0.4 is 10.5 Å². The molecule has 180 valence electrons. The summed E-state index contributed by atoms with van der Waals surface area (Å²) >= 11 is 0. The maximum absolute atomic E-state index is 13.1. The van der Waals surface area contributed by atoms with E-state index in [9.17, 15) is 24.3 Å². The molecule has 1 aromatic heterocycles. The Bertz CT molecular complexity index is 1120. The lowest BCUT2D eigenvalue weighted by atomic mass is 9.95. The standard InChI is InChI=1S/C23H31N3O7/c1-8-19(32-14(4)27)13(3)20(33-15(5)28)11-26-18-10-17(25(6)7)12(2)9-16(18)24-21(22(26)29)23(30)31/h9-10,13,19-20H,8,11H2,1-7H3,(H,30,31)/t13-,19-,20+/m1/s1. The van der Waals surface area contributed by atoms with Gasteiger partial charge in [-0.15, -0.1) is 0 Å². The van der Waals surface area contributed by atoms with E-state index in [1.807, 2.05) is 32.8 Å². The van der Waals surface area contributed by atoms with Crippen LogP contribution in [0.3, 0.4) is 0 Å². The number of carboxylic acids is 1. The topological polar surface area (TPSA) is 128 Å². The number of hydrogen-bond acceptors (Lipinski definition) is 8. The normalized spacial score (nSPS) is 13.8. The van der Waals surface area contributed by atoms with Crippen LogP contribution in [0.4, 0.5) is 5.69 Å². The minimum Gasteiger partial charge on any atom is -0.476 e. The predicted octanol–water partition coefficient (Wildman–Crippen LogP) is 2.38. The van der Waals surface area contributed by atoms with Gasteiger partial charge in [-0.2, -0.15) is 0 Å². The zero-order chi connectivity index (χ0) is 25.0. The van der Waals surface area contributed by atoms with Crippen LogP contribution in [-0.4, -0.2) is 58.9 Å². The van der Waals surface area contributed by atoms with E-state index in [-0.39, 0.29) is 6.54 Å². The van der Waals surface area contributed by atoms with Crippen LogP contribution in [0.25, 0.3) is 11.0 Å². The van der Waals surface area contributed by atoms with E-state index in [0.717, 1.165) is 11.3 Å². The largest absolute Gasteiger partial charge is 0.476 e. The highest BCUT2D eigenvalue weighted by Crippen LogP contribution is 2.26. The third kappa shape index (κ3) is 5.88. The van der Waals surface area contributed by atoms with Crippen molar-refractivity contribution in [2.45, 2.75) is 59.8 Å². The van der Waals surface area contributed by atoms with Crippen molar-refractivity contribution in [1.82, 2.24) is 9.55 Å². The number of hydrogen-bond donors (Lipinski definition) is 1. The molecule has 10 nitrogen and oxygen atoms in total. The Labute approximate surface area is 192 Å². The van der Waals surface area contributed by atoms with Crippen LogP contribution in [0.2, 0.25) is 0 Å². The average Bonchev–Trinajstić information content (AvgIpc) is 2.71. The Hall–Kier alpha value is -3.43. The lowest BCUT2D eigenvalue weighted by Gasteiger charge is -2.30. The number of anilines is 1. The number of aryl methyl sites for hydroxylation is 1. The van der Waals surface area contributed by atoms with Crippen LogP contribution in [-0.2, 0) is 25.6 Å². The molecule has 2 aromatic rings. The van der Waals surface area contributed by atoms with Crippen LogP contribution in [0.1, 0.15) is 50.2 Å². The van der Waals surface area contributed by atoms with Crippen molar-refractivity contribution >= 4 is 34.6 Å². The quantitative estimate of drug-likeness (QED) is 0.560. The van der Waals surface area contributed by atoms with Crippen molar-refractivity contribution in [2.24, 2.45) is 5.92 Å². The number of nitrogens with zero attached hydrogens (tertiary/aromatic N) is 3. The molecule has 0 aliphatic carbocycles. The van der Waals surface area contributed by atoms with Crippen molar-refractivity contribution in [3.8, 4) is 0 Å². The minimum atomic E-state index is -1.45. The third-order valence-corrected chi connectivity index (χ3v) is 5.52. The minimum absolute atomic E-state index is 0.132. The highest BCUT2D eigenvalue weighted by Gasteiger charge is 2.31. The second kappa shape index (κ2) is 10.5. The fraction of sp³-hybridized carbons (Fsp3) is 0.522. The highest BCUT2D eigenvalue weighted by molar-refractivity contribution is 5.89. The van der Waals surface area contributed by atoms with Gasteiger partial charge in [0.2, 0.25) is 5.69 Å². The number of rotatable bonds is 9. The van der Waals surface area contributed by atoms with Gasteiger partial charge in [-0.3, -0.25) is 14.4 Å². The molecule has 0 saturated carbocycles. The molecule has 1 aromatic carbocycles. The van der Waals surface area contributed by atoms with Gasteiger partial charge in [-0.25, -0.2) is 9.78 Å². The lowest BCUT2D eigenvalue weighted by molar-refractivity contribution is -0.159. The zero-order valence-corrected chi connectivity index (χ0v) is 20.0. The van der Waals surface area contributed by atoms with Gasteiger partial charge in [0.25, 0.3) is 5.56 Å². The first-order valence-electron chi connectivity index (χ1n) is 10.7. The number of carbonyl (C=O) groups is 3. The van der Waals surface area contributed by atoms with Gasteiger partial charge in [0, 0.05) is 39.5 Å². The summed E-state index contributed by atoms with van der Waals surface area (Å²) in [4.78, 5) is 54.2. The van der Waals surface area contributed by atoms with E-state index in [0.29, 0.717) is 17.5 Å². The first-order chi connectivity index (χ1) is 15.4. The van der Waals surface area contributed by atoms with E-state index < -0.39 is 47.3 Å². The van der Waals surface area contributed by atoms with Crippen LogP contribution >= 0.6 is 0 Å². The van der Waals surface area contributed by atoms with E-state index in [1.54, 1.807) is 19.1 Å². The van der Waals surface area contributed by atoms with E-state index >= 15 is 0 Å². The van der Waals surface area contributed by atoms with Crippen molar-refractivity contribution in [1.29, 1.82) is 0 Å². The molecule has 10 heteroatoms. The molecule has 33 heavy (non-hydrogen) atoms. The fourth-order valence-electron chi connectivity index (χ4n) is 3.90. The molecule has 0 saturated heterocycles. The van der Waals surface area contributed by atoms with Crippen LogP contribution in [0.5, 0.6) is 0 Å². The Balaban J connectivity index is 2.72. The second-order valence-corrected chi connectivity index (χ2v) is 8.27. The molecule has 0 fully saturated rings. The Morgan fingerprint density at radius 1 is 1.12 bits per heavy atom. The third-order valence-electron chi connectivity index (χ3n) is 5.52. The van der Waals surface area contributed by atoms with Gasteiger partial charge in [0.15, 0.2) is 0 Å². The molecule has 0 bridgehead atoms. The van der Waals surface area contributed by atoms with Gasteiger partial charge in [0.1, 0.15) is 12.2 Å². The molecule has 1 heterocycles. The molecule has 0 spiro atoms. The van der Waals surface area contributed by atoms with Gasteiger partial charge < -0.3 is 24.0 Å². The Morgan fingerprint density at radius 2 is 1.70 bits per heavy atom. The lowest BCUT2D eigenvalue weighted by Crippen LogP contribution is -2.41. The summed E-state index contributed by atoms with van der Waals surface area (Å²) in [5, 5.41) is 9.55. The van der Waals surface area contributed by atoms with Crippen LogP contribution in [0.15, 0.2) is 16.9 Å². The van der Waals surface area contributed by atoms with E-state index in [4.69, 9.17) is 9.47 Å². The molecule has 0 radical (unpaired) electrons. The van der Waals surface area contributed by atoms with E-state index in [2.05, 4.69) is 4.98 Å². The molecular weight excluding hydrogens is 430 g/mol. The maximum Gasteiger partial charge on any atom is 0.360 e. The van der Waals surface area contributed by atoms with Crippen molar-refractivity contribution in [2.75, 3.05) is 19.0 Å². The molecule has 0 aliphatic heterocycles. The van der Waals surface area contributed by atoms with Crippen LogP contribution in [0, 0.1) is 12.8 Å². The zero-order valence-electron chi connectivity index (χ0n) is 20.0. The van der Waals surface area contributed by atoms with Crippen molar-refractivity contribution in [3.63, 3.8) is 0 Å². The molecule has 2 rings (SSSR count). The van der Waals surface area contributed by atoms with Gasteiger partial charge >= 0.3 is 17.9 Å². The molecule has 0 amide bonds. The Kier molecular flexibility index (Phi) is 8.18. The summed E-state index contributed by atoms with van der Waals surface area (Å²) in [5.74, 6) is -2.96. The molecular formula is C23H31N3O7. The predicted molar refractivity (Wildman–Crippen MR) is 123 cm³/mol. The van der Waals surface area contributed by atoms with Crippen molar-refractivity contribution < 1.29 is 29.0 Å². The summed E-state index contributed by atoms with van der Waals surface area (Å²) in [7, 11) is 3.70. The molecule has 0 aliphatic rings. The number of aromatic carboxylic acids is 1. The number of aromatic nitrogens is 2. The Morgan fingerprint density at radius 3 is 2.18 bits per heavy atom. The fourth-order valence-corrected chi connectivity index (χ4v) is 3.90. The summed E-state index contributed by atoms with van der Waals surface area (Å²) < 4.78 is 12.2. The SMILES string of the molecule is CC[C@@H](OC(C)=O)[C@@H](C)[C@H](Cn1c(=O)c(C(=O)O)nc2cc(C)c(N(C)C)cc21)OC(C)=O. The van der Waals surface area contributed by atoms with Gasteiger partial charge in [-0.1, -0.05) is 13.8 Å². The van der Waals surface area contributed by atoms with Gasteiger partial charge in [-0.05, 0) is 31.0 Å². The summed E-state index contributed by atoms with van der Waals surface area (Å²) in [6.07, 6.45) is -0.954. The number of fused-ring (bicyclic) bond motifs is 1. The first kappa shape index (κ1) is 25.8. The molecule has 0 unspecified atom stereocenters. The summed E-state index contributed by atoms with van der Waals surface area (Å²) in [5.41, 5.74) is 0.978. The molecule has 3 atom stereocenters. The highest BCUT2D eigenvalue weighted by atomic mass is 16.6. The number of benzene rings is 1. The number of carbonyl (C=O) groups excluding carboxylic acids is 2. The summed E-state index contributed by atoms with van der Waals surface area (Å²) in [6.45, 7) is 7.86. The van der Waals surface area contributed by atoms with E-state index in [1.165, 1.54) is 18.4 Å². The monoisotopic (exact) mass is 461 g/mol. The number of ether oxygens (including phenoxy) is 2. The molecule has 1 N–H and O–H groups in total. The van der Waals surface area contributed by atoms with Crippen molar-refractivity contribution in [3.05, 3.63) is 33.7 Å².